The molecule has 2 atom stereocenters. The highest BCUT2D eigenvalue weighted by Crippen LogP contribution is 2.30. The first-order chi connectivity index (χ1) is 12.4. The Morgan fingerprint density at radius 2 is 2.04 bits per heavy atom. The van der Waals surface area contributed by atoms with Gasteiger partial charge in [0.25, 0.3) is 0 Å². The lowest BCUT2D eigenvalue weighted by Crippen LogP contribution is -2.45. The molecule has 1 saturated heterocycles. The van der Waals surface area contributed by atoms with Gasteiger partial charge in [-0.3, -0.25) is 9.78 Å². The van der Waals surface area contributed by atoms with Crippen LogP contribution in [0.2, 0.25) is 0 Å². The van der Waals surface area contributed by atoms with E-state index >= 15 is 0 Å². The van der Waals surface area contributed by atoms with Crippen molar-refractivity contribution in [3.8, 4) is 5.75 Å². The maximum Gasteiger partial charge on any atom is 0.244 e. The van der Waals surface area contributed by atoms with E-state index in [0.717, 1.165) is 0 Å². The highest BCUT2D eigenvalue weighted by molar-refractivity contribution is 7.89. The Hall–Kier alpha value is -2.45. The van der Waals surface area contributed by atoms with E-state index < -0.39 is 22.2 Å². The van der Waals surface area contributed by atoms with Gasteiger partial charge in [0.1, 0.15) is 17.9 Å². The van der Waals surface area contributed by atoms with Crippen molar-refractivity contribution in [3.05, 3.63) is 54.4 Å². The summed E-state index contributed by atoms with van der Waals surface area (Å²) in [5, 5.41) is 2.55. The summed E-state index contributed by atoms with van der Waals surface area (Å²) in [7, 11) is -2.33. The quantitative estimate of drug-likeness (QED) is 0.852. The number of amides is 1. The predicted molar refractivity (Wildman–Crippen MR) is 96.2 cm³/mol. The van der Waals surface area contributed by atoms with Crippen LogP contribution >= 0.6 is 0 Å². The molecule has 1 aliphatic heterocycles. The molecule has 0 saturated carbocycles. The normalized spacial score (nSPS) is 20.7. The van der Waals surface area contributed by atoms with Crippen molar-refractivity contribution in [2.45, 2.75) is 30.4 Å². The fourth-order valence-corrected chi connectivity index (χ4v) is 4.96. The minimum atomic E-state index is -3.82. The fourth-order valence-electron chi connectivity index (χ4n) is 3.11. The third-order valence-electron chi connectivity index (χ3n) is 4.38. The SMILES string of the molecule is CNC(=O)C1CC(Oc2cccnc2)CN1S(=O)(=O)c1ccccc1C. The van der Waals surface area contributed by atoms with Crippen LogP contribution in [0.25, 0.3) is 0 Å². The second-order valence-electron chi connectivity index (χ2n) is 6.13. The maximum absolute atomic E-state index is 13.2. The number of sulfonamides is 1. The van der Waals surface area contributed by atoms with Crippen LogP contribution in [0.5, 0.6) is 5.75 Å². The van der Waals surface area contributed by atoms with E-state index in [1.54, 1.807) is 55.7 Å². The van der Waals surface area contributed by atoms with Crippen molar-refractivity contribution in [1.82, 2.24) is 14.6 Å². The molecular weight excluding hydrogens is 354 g/mol. The molecule has 138 valence electrons. The molecule has 2 unspecified atom stereocenters. The topological polar surface area (TPSA) is 88.6 Å². The van der Waals surface area contributed by atoms with Gasteiger partial charge in [-0.15, -0.1) is 0 Å². The van der Waals surface area contributed by atoms with Gasteiger partial charge in [-0.05, 0) is 30.7 Å². The number of aryl methyl sites for hydroxylation is 1. The lowest BCUT2D eigenvalue weighted by atomic mass is 10.2. The monoisotopic (exact) mass is 375 g/mol. The van der Waals surface area contributed by atoms with Crippen molar-refractivity contribution in [1.29, 1.82) is 0 Å². The van der Waals surface area contributed by atoms with Gasteiger partial charge >= 0.3 is 0 Å². The molecule has 1 amide bonds. The first-order valence-electron chi connectivity index (χ1n) is 8.29. The molecule has 3 rings (SSSR count). The molecule has 0 bridgehead atoms. The summed E-state index contributed by atoms with van der Waals surface area (Å²) >= 11 is 0. The largest absolute Gasteiger partial charge is 0.487 e. The van der Waals surface area contributed by atoms with Gasteiger partial charge in [0.2, 0.25) is 15.9 Å². The number of ether oxygens (including phenoxy) is 1. The van der Waals surface area contributed by atoms with E-state index in [4.69, 9.17) is 4.74 Å². The van der Waals surface area contributed by atoms with Gasteiger partial charge in [-0.25, -0.2) is 8.42 Å². The first-order valence-corrected chi connectivity index (χ1v) is 9.73. The molecule has 26 heavy (non-hydrogen) atoms. The lowest BCUT2D eigenvalue weighted by molar-refractivity contribution is -0.123. The second-order valence-corrected chi connectivity index (χ2v) is 7.99. The van der Waals surface area contributed by atoms with Crippen LogP contribution in [-0.4, -0.2) is 49.4 Å². The third kappa shape index (κ3) is 3.56. The number of hydrogen-bond acceptors (Lipinski definition) is 5. The number of likely N-dealkylation sites (N-methyl/N-ethyl adjacent to an activating group) is 1. The van der Waals surface area contributed by atoms with E-state index in [2.05, 4.69) is 10.3 Å². The Morgan fingerprint density at radius 1 is 1.27 bits per heavy atom. The highest BCUT2D eigenvalue weighted by Gasteiger charge is 2.45. The first kappa shape index (κ1) is 18.3. The number of rotatable bonds is 5. The van der Waals surface area contributed by atoms with Crippen LogP contribution in [0.4, 0.5) is 0 Å². The van der Waals surface area contributed by atoms with Crippen molar-refractivity contribution in [2.75, 3.05) is 13.6 Å². The van der Waals surface area contributed by atoms with Gasteiger partial charge in [-0.1, -0.05) is 18.2 Å². The molecule has 1 aromatic carbocycles. The second kappa shape index (κ2) is 7.43. The number of carbonyl (C=O) groups excluding carboxylic acids is 1. The van der Waals surface area contributed by atoms with Crippen molar-refractivity contribution < 1.29 is 17.9 Å². The number of aromatic nitrogens is 1. The summed E-state index contributed by atoms with van der Waals surface area (Å²) in [6.45, 7) is 1.84. The number of nitrogens with zero attached hydrogens (tertiary/aromatic N) is 2. The Balaban J connectivity index is 1.90. The van der Waals surface area contributed by atoms with Crippen molar-refractivity contribution in [3.63, 3.8) is 0 Å². The van der Waals surface area contributed by atoms with Crippen molar-refractivity contribution >= 4 is 15.9 Å². The third-order valence-corrected chi connectivity index (χ3v) is 6.42. The average Bonchev–Trinajstić information content (AvgIpc) is 3.07. The lowest BCUT2D eigenvalue weighted by Gasteiger charge is -2.23. The van der Waals surface area contributed by atoms with Gasteiger partial charge in [-0.2, -0.15) is 4.31 Å². The zero-order chi connectivity index (χ0) is 18.7. The highest BCUT2D eigenvalue weighted by atomic mass is 32.2. The van der Waals surface area contributed by atoms with Crippen LogP contribution in [0.1, 0.15) is 12.0 Å². The summed E-state index contributed by atoms with van der Waals surface area (Å²) in [5.74, 6) is 0.197. The fraction of sp³-hybridized carbons (Fsp3) is 0.333. The van der Waals surface area contributed by atoms with E-state index in [1.165, 1.54) is 11.4 Å². The summed E-state index contributed by atoms with van der Waals surface area (Å²) < 4.78 is 33.4. The van der Waals surface area contributed by atoms with Gasteiger partial charge < -0.3 is 10.1 Å². The standard InChI is InChI=1S/C18H21N3O4S/c1-13-6-3-4-8-17(13)26(23,24)21-12-15(10-16(21)18(22)19-2)25-14-7-5-9-20-11-14/h3-9,11,15-16H,10,12H2,1-2H3,(H,19,22). The zero-order valence-corrected chi connectivity index (χ0v) is 15.4. The predicted octanol–water partition coefficient (Wildman–Crippen LogP) is 1.35. The van der Waals surface area contributed by atoms with E-state index in [9.17, 15) is 13.2 Å². The molecular formula is C18H21N3O4S. The molecule has 1 aromatic heterocycles. The molecule has 0 spiro atoms. The average molecular weight is 375 g/mol. The zero-order valence-electron chi connectivity index (χ0n) is 14.6. The Morgan fingerprint density at radius 3 is 2.69 bits per heavy atom. The Bertz CT molecular complexity index is 886. The van der Waals surface area contributed by atoms with E-state index in [1.807, 2.05) is 0 Å². The number of carbonyl (C=O) groups is 1. The number of benzene rings is 1. The van der Waals surface area contributed by atoms with E-state index in [-0.39, 0.29) is 23.8 Å². The van der Waals surface area contributed by atoms with Crippen LogP contribution in [-0.2, 0) is 14.8 Å². The molecule has 2 aromatic rings. The number of pyridine rings is 1. The Kier molecular flexibility index (Phi) is 5.24. The minimum Gasteiger partial charge on any atom is -0.487 e. The van der Waals surface area contributed by atoms with Gasteiger partial charge in [0.05, 0.1) is 17.6 Å². The Labute approximate surface area is 153 Å². The number of nitrogens with one attached hydrogen (secondary N) is 1. The molecule has 8 heteroatoms. The van der Waals surface area contributed by atoms with Crippen LogP contribution in [0.15, 0.2) is 53.7 Å². The summed E-state index contributed by atoms with van der Waals surface area (Å²) in [4.78, 5) is 16.5. The van der Waals surface area contributed by atoms with Crippen LogP contribution in [0, 0.1) is 6.92 Å². The van der Waals surface area contributed by atoms with Crippen LogP contribution < -0.4 is 10.1 Å². The number of hydrogen-bond donors (Lipinski definition) is 1. The van der Waals surface area contributed by atoms with Gasteiger partial charge in [0.15, 0.2) is 0 Å². The smallest absolute Gasteiger partial charge is 0.244 e. The van der Waals surface area contributed by atoms with Crippen molar-refractivity contribution in [2.24, 2.45) is 0 Å². The van der Waals surface area contributed by atoms with E-state index in [0.29, 0.717) is 11.3 Å². The molecule has 0 aliphatic carbocycles. The maximum atomic E-state index is 13.2. The van der Waals surface area contributed by atoms with Crippen LogP contribution in [0.3, 0.4) is 0 Å². The molecule has 2 heterocycles. The molecule has 1 N–H and O–H groups in total. The van der Waals surface area contributed by atoms with Gasteiger partial charge in [0, 0.05) is 19.7 Å². The summed E-state index contributed by atoms with van der Waals surface area (Å²) in [5.41, 5.74) is 0.639. The molecule has 0 radical (unpaired) electrons. The molecule has 7 nitrogen and oxygen atoms in total. The summed E-state index contributed by atoms with van der Waals surface area (Å²) in [6.07, 6.45) is 3.04. The summed E-state index contributed by atoms with van der Waals surface area (Å²) in [6, 6.07) is 9.42. The molecule has 1 aliphatic rings. The molecule has 1 fully saturated rings. The minimum absolute atomic E-state index is 0.101.